The molecule has 0 aromatic heterocycles. The topological polar surface area (TPSA) is 64.1 Å². The van der Waals surface area contributed by atoms with Crippen molar-refractivity contribution < 1.29 is 0 Å². The predicted octanol–water partition coefficient (Wildman–Crippen LogP) is 4.52. The van der Waals surface area contributed by atoms with Gasteiger partial charge in [0, 0.05) is 12.1 Å². The number of nitrogens with one attached hydrogen (secondary N) is 1. The molecule has 3 heteroatoms. The zero-order chi connectivity index (χ0) is 19.7. The molecule has 0 radical (unpaired) electrons. The van der Waals surface area contributed by atoms with Gasteiger partial charge in [-0.05, 0) is 60.8 Å². The third-order valence-electron chi connectivity index (χ3n) is 5.64. The van der Waals surface area contributed by atoms with Crippen LogP contribution in [0.25, 0.3) is 0 Å². The first-order valence-corrected chi connectivity index (χ1v) is 10.3. The molecule has 27 heavy (non-hydrogen) atoms. The Morgan fingerprint density at radius 2 is 1.48 bits per heavy atom. The van der Waals surface area contributed by atoms with Gasteiger partial charge in [-0.1, -0.05) is 75.2 Å². The molecule has 5 N–H and O–H groups in total. The number of hydrogen-bond acceptors (Lipinski definition) is 3. The fourth-order valence-electron chi connectivity index (χ4n) is 3.71. The van der Waals surface area contributed by atoms with E-state index in [0.29, 0.717) is 12.5 Å². The van der Waals surface area contributed by atoms with Crippen LogP contribution >= 0.6 is 0 Å². The summed E-state index contributed by atoms with van der Waals surface area (Å²) in [5.74, 6) is 6.58. The second-order valence-corrected chi connectivity index (χ2v) is 8.27. The second kappa shape index (κ2) is 10.6. The van der Waals surface area contributed by atoms with Crippen LogP contribution in [0.15, 0.2) is 48.5 Å². The summed E-state index contributed by atoms with van der Waals surface area (Å²) >= 11 is 0. The van der Waals surface area contributed by atoms with E-state index in [-0.39, 0.29) is 5.54 Å². The highest BCUT2D eigenvalue weighted by atomic mass is 15.3. The lowest BCUT2D eigenvalue weighted by atomic mass is 9.86. The Labute approximate surface area is 165 Å². The Hall–Kier alpha value is -1.68. The number of hydrogen-bond donors (Lipinski definition) is 3. The largest absolute Gasteiger partial charge is 0.326 e. The Bertz CT molecular complexity index is 663. The molecule has 2 aromatic rings. The van der Waals surface area contributed by atoms with Crippen molar-refractivity contribution in [3.8, 4) is 0 Å². The number of benzene rings is 2. The van der Waals surface area contributed by atoms with Crippen LogP contribution in [0.3, 0.4) is 0 Å². The molecule has 2 atom stereocenters. The van der Waals surface area contributed by atoms with Crippen molar-refractivity contribution in [2.75, 3.05) is 0 Å². The summed E-state index contributed by atoms with van der Waals surface area (Å²) in [6.45, 7) is 7.38. The highest BCUT2D eigenvalue weighted by Gasteiger charge is 2.23. The Kier molecular flexibility index (Phi) is 8.49. The van der Waals surface area contributed by atoms with Gasteiger partial charge in [-0.3, -0.25) is 11.3 Å². The summed E-state index contributed by atoms with van der Waals surface area (Å²) in [5, 5.41) is 0. The van der Waals surface area contributed by atoms with E-state index >= 15 is 0 Å². The maximum absolute atomic E-state index is 5.92. The van der Waals surface area contributed by atoms with Crippen molar-refractivity contribution in [2.45, 2.75) is 71.4 Å². The van der Waals surface area contributed by atoms with Gasteiger partial charge in [-0.2, -0.15) is 0 Å². The molecule has 0 heterocycles. The van der Waals surface area contributed by atoms with Gasteiger partial charge in [-0.15, -0.1) is 0 Å². The average molecular weight is 368 g/mol. The Balaban J connectivity index is 1.80. The molecule has 0 bridgehead atoms. The summed E-state index contributed by atoms with van der Waals surface area (Å²) in [7, 11) is 0. The monoisotopic (exact) mass is 367 g/mol. The molecule has 3 nitrogen and oxygen atoms in total. The summed E-state index contributed by atoms with van der Waals surface area (Å²) in [6.07, 6.45) is 6.63. The van der Waals surface area contributed by atoms with Gasteiger partial charge < -0.3 is 5.73 Å². The van der Waals surface area contributed by atoms with Crippen molar-refractivity contribution in [3.05, 3.63) is 70.8 Å². The number of hydrazine groups is 1. The minimum absolute atomic E-state index is 0.0593. The molecule has 0 saturated carbocycles. The zero-order valence-electron chi connectivity index (χ0n) is 17.3. The first kappa shape index (κ1) is 21.6. The molecular formula is C24H37N3. The molecular weight excluding hydrogens is 330 g/mol. The molecule has 0 aliphatic heterocycles. The Morgan fingerprint density at radius 1 is 0.926 bits per heavy atom. The lowest BCUT2D eigenvalue weighted by Crippen LogP contribution is -2.48. The van der Waals surface area contributed by atoms with Crippen molar-refractivity contribution in [1.29, 1.82) is 0 Å². The smallest absolute Gasteiger partial charge is 0.0333 e. The molecule has 0 amide bonds. The number of nitrogens with two attached hydrogens (primary N) is 2. The van der Waals surface area contributed by atoms with Crippen LogP contribution < -0.4 is 17.0 Å². The van der Waals surface area contributed by atoms with Crippen LogP contribution in [-0.4, -0.2) is 5.54 Å². The quantitative estimate of drug-likeness (QED) is 0.404. The molecule has 2 aromatic carbocycles. The van der Waals surface area contributed by atoms with E-state index in [1.807, 2.05) is 0 Å². The third kappa shape index (κ3) is 7.10. The maximum Gasteiger partial charge on any atom is 0.0333 e. The van der Waals surface area contributed by atoms with Gasteiger partial charge in [-0.25, -0.2) is 0 Å². The van der Waals surface area contributed by atoms with E-state index in [9.17, 15) is 0 Å². The molecule has 1 unspecified atom stereocenters. The van der Waals surface area contributed by atoms with E-state index in [4.69, 9.17) is 11.6 Å². The van der Waals surface area contributed by atoms with E-state index in [1.165, 1.54) is 35.1 Å². The summed E-state index contributed by atoms with van der Waals surface area (Å²) < 4.78 is 0. The standard InChI is InChI=1S/C24H37N3/c1-4-20-7-11-22(12-8-20)17-24(3,27-26)15-5-6-19(2)16-21-9-13-23(18-25)14-10-21/h7-14,19,27H,4-6,15-18,25-26H2,1-3H3/t19-,24?/m0/s1. The van der Waals surface area contributed by atoms with E-state index in [1.54, 1.807) is 0 Å². The molecule has 148 valence electrons. The highest BCUT2D eigenvalue weighted by Crippen LogP contribution is 2.23. The van der Waals surface area contributed by atoms with Crippen molar-refractivity contribution >= 4 is 0 Å². The lowest BCUT2D eigenvalue weighted by Gasteiger charge is -2.29. The highest BCUT2D eigenvalue weighted by molar-refractivity contribution is 5.24. The van der Waals surface area contributed by atoms with Crippen molar-refractivity contribution in [2.24, 2.45) is 17.5 Å². The third-order valence-corrected chi connectivity index (χ3v) is 5.64. The normalized spacial score (nSPS) is 14.7. The van der Waals surface area contributed by atoms with E-state index in [0.717, 1.165) is 25.7 Å². The molecule has 0 saturated heterocycles. The van der Waals surface area contributed by atoms with E-state index < -0.39 is 0 Å². The molecule has 0 spiro atoms. The maximum atomic E-state index is 5.92. The van der Waals surface area contributed by atoms with Crippen molar-refractivity contribution in [3.63, 3.8) is 0 Å². The average Bonchev–Trinajstić information content (AvgIpc) is 2.69. The van der Waals surface area contributed by atoms with Gasteiger partial charge in [0.2, 0.25) is 0 Å². The summed E-state index contributed by atoms with van der Waals surface area (Å²) in [6, 6.07) is 17.6. The first-order valence-electron chi connectivity index (χ1n) is 10.3. The van der Waals surface area contributed by atoms with Crippen LogP contribution in [0.5, 0.6) is 0 Å². The number of rotatable bonds is 11. The van der Waals surface area contributed by atoms with Crippen LogP contribution in [0.1, 0.15) is 62.3 Å². The van der Waals surface area contributed by atoms with Crippen LogP contribution in [0.4, 0.5) is 0 Å². The minimum Gasteiger partial charge on any atom is -0.326 e. The predicted molar refractivity (Wildman–Crippen MR) is 116 cm³/mol. The SMILES string of the molecule is CCc1ccc(CC(C)(CCC[C@H](C)Cc2ccc(CN)cc2)NN)cc1. The minimum atomic E-state index is -0.0593. The number of aryl methyl sites for hydroxylation is 1. The zero-order valence-corrected chi connectivity index (χ0v) is 17.3. The van der Waals surface area contributed by atoms with Gasteiger partial charge in [0.1, 0.15) is 0 Å². The molecule has 0 aliphatic rings. The fourth-order valence-corrected chi connectivity index (χ4v) is 3.71. The molecule has 2 rings (SSSR count). The van der Waals surface area contributed by atoms with Crippen molar-refractivity contribution in [1.82, 2.24) is 5.43 Å². The fraction of sp³-hybridized carbons (Fsp3) is 0.500. The molecule has 0 fully saturated rings. The second-order valence-electron chi connectivity index (χ2n) is 8.27. The lowest BCUT2D eigenvalue weighted by molar-refractivity contribution is 0.312. The first-order chi connectivity index (χ1) is 13.0. The van der Waals surface area contributed by atoms with Gasteiger partial charge in [0.05, 0.1) is 0 Å². The van der Waals surface area contributed by atoms with Gasteiger partial charge in [0.25, 0.3) is 0 Å². The summed E-state index contributed by atoms with van der Waals surface area (Å²) in [5.41, 5.74) is 14.0. The molecule has 0 aliphatic carbocycles. The Morgan fingerprint density at radius 3 is 2.04 bits per heavy atom. The van der Waals surface area contributed by atoms with Crippen LogP contribution in [-0.2, 0) is 25.8 Å². The van der Waals surface area contributed by atoms with Crippen LogP contribution in [0.2, 0.25) is 0 Å². The van der Waals surface area contributed by atoms with Gasteiger partial charge in [0.15, 0.2) is 0 Å². The van der Waals surface area contributed by atoms with E-state index in [2.05, 4.69) is 74.7 Å². The van der Waals surface area contributed by atoms with Gasteiger partial charge >= 0.3 is 0 Å². The van der Waals surface area contributed by atoms with Crippen LogP contribution in [0, 0.1) is 5.92 Å². The summed E-state index contributed by atoms with van der Waals surface area (Å²) in [4.78, 5) is 0.